The zero-order chi connectivity index (χ0) is 12.3. The van der Waals surface area contributed by atoms with Gasteiger partial charge in [0.15, 0.2) is 0 Å². The van der Waals surface area contributed by atoms with E-state index in [1.807, 2.05) is 19.1 Å². The van der Waals surface area contributed by atoms with Crippen molar-refractivity contribution >= 4 is 5.97 Å². The van der Waals surface area contributed by atoms with E-state index in [1.54, 1.807) is 12.4 Å². The predicted molar refractivity (Wildman–Crippen MR) is 64.6 cm³/mol. The van der Waals surface area contributed by atoms with Crippen LogP contribution in [0.3, 0.4) is 0 Å². The van der Waals surface area contributed by atoms with Gasteiger partial charge in [0.05, 0.1) is 0 Å². The molecule has 1 saturated carbocycles. The highest BCUT2D eigenvalue weighted by molar-refractivity contribution is 5.79. The molecular formula is C13H18N2O2. The van der Waals surface area contributed by atoms with Gasteiger partial charge in [-0.15, -0.1) is 0 Å². The molecule has 1 fully saturated rings. The average molecular weight is 234 g/mol. The van der Waals surface area contributed by atoms with Gasteiger partial charge in [-0.25, -0.2) is 0 Å². The van der Waals surface area contributed by atoms with Crippen molar-refractivity contribution in [1.82, 2.24) is 10.3 Å². The summed E-state index contributed by atoms with van der Waals surface area (Å²) in [5.41, 5.74) is 0.287. The van der Waals surface area contributed by atoms with Crippen LogP contribution in [0, 0.1) is 0 Å². The summed E-state index contributed by atoms with van der Waals surface area (Å²) >= 11 is 0. The number of aliphatic carboxylic acids is 1. The number of hydrogen-bond donors (Lipinski definition) is 2. The molecule has 0 amide bonds. The van der Waals surface area contributed by atoms with Crippen molar-refractivity contribution in [1.29, 1.82) is 0 Å². The minimum atomic E-state index is -0.741. The topological polar surface area (TPSA) is 62.2 Å². The Morgan fingerprint density at radius 1 is 1.53 bits per heavy atom. The van der Waals surface area contributed by atoms with Crippen LogP contribution < -0.4 is 5.32 Å². The number of nitrogens with zero attached hydrogens (tertiary/aromatic N) is 1. The number of carboxylic acids is 1. The number of nitrogens with one attached hydrogen (secondary N) is 1. The monoisotopic (exact) mass is 234 g/mol. The normalized spacial score (nSPS) is 20.1. The summed E-state index contributed by atoms with van der Waals surface area (Å²) < 4.78 is 0. The van der Waals surface area contributed by atoms with Gasteiger partial charge in [-0.1, -0.05) is 18.9 Å². The summed E-state index contributed by atoms with van der Waals surface area (Å²) in [5.74, 6) is -0.731. The Hall–Kier alpha value is -1.42. The van der Waals surface area contributed by atoms with Crippen LogP contribution in [-0.2, 0) is 4.79 Å². The second-order valence-corrected chi connectivity index (χ2v) is 4.75. The van der Waals surface area contributed by atoms with E-state index in [2.05, 4.69) is 10.3 Å². The maximum Gasteiger partial charge on any atom is 0.323 e. The Morgan fingerprint density at radius 2 is 2.24 bits per heavy atom. The average Bonchev–Trinajstić information content (AvgIpc) is 2.80. The Balaban J connectivity index is 2.11. The van der Waals surface area contributed by atoms with E-state index in [4.69, 9.17) is 0 Å². The minimum absolute atomic E-state index is 0.0119. The number of hydrogen-bond acceptors (Lipinski definition) is 3. The quantitative estimate of drug-likeness (QED) is 0.837. The van der Waals surface area contributed by atoms with E-state index in [0.29, 0.717) is 12.8 Å². The molecule has 0 radical (unpaired) electrons. The third kappa shape index (κ3) is 2.47. The first-order valence-corrected chi connectivity index (χ1v) is 6.05. The molecule has 0 saturated heterocycles. The van der Waals surface area contributed by atoms with Crippen LogP contribution in [0.15, 0.2) is 24.5 Å². The molecule has 4 nitrogen and oxygen atoms in total. The van der Waals surface area contributed by atoms with Crippen molar-refractivity contribution in [3.63, 3.8) is 0 Å². The summed E-state index contributed by atoms with van der Waals surface area (Å²) in [6.45, 7) is 1.99. The number of aromatic nitrogens is 1. The Labute approximate surface area is 101 Å². The van der Waals surface area contributed by atoms with Crippen molar-refractivity contribution in [2.45, 2.75) is 44.2 Å². The van der Waals surface area contributed by atoms with Gasteiger partial charge in [0.1, 0.15) is 5.54 Å². The van der Waals surface area contributed by atoms with E-state index >= 15 is 0 Å². The largest absolute Gasteiger partial charge is 0.480 e. The molecule has 92 valence electrons. The number of rotatable bonds is 4. The SMILES string of the molecule is CC(NC1(C(=O)O)CCCC1)c1cccnc1. The van der Waals surface area contributed by atoms with Gasteiger partial charge >= 0.3 is 5.97 Å². The lowest BCUT2D eigenvalue weighted by atomic mass is 9.95. The summed E-state index contributed by atoms with van der Waals surface area (Å²) in [6.07, 6.45) is 6.90. The molecule has 4 heteroatoms. The zero-order valence-corrected chi connectivity index (χ0v) is 10.0. The first-order valence-electron chi connectivity index (χ1n) is 6.05. The summed E-state index contributed by atoms with van der Waals surface area (Å²) in [4.78, 5) is 15.5. The second-order valence-electron chi connectivity index (χ2n) is 4.75. The summed E-state index contributed by atoms with van der Waals surface area (Å²) in [7, 11) is 0. The third-order valence-corrected chi connectivity index (χ3v) is 3.54. The van der Waals surface area contributed by atoms with Crippen LogP contribution in [0.5, 0.6) is 0 Å². The van der Waals surface area contributed by atoms with Gasteiger partial charge in [-0.05, 0) is 31.4 Å². The molecule has 0 aliphatic heterocycles. The highest BCUT2D eigenvalue weighted by atomic mass is 16.4. The second kappa shape index (κ2) is 4.84. The lowest BCUT2D eigenvalue weighted by Crippen LogP contribution is -2.50. The van der Waals surface area contributed by atoms with Crippen molar-refractivity contribution in [3.05, 3.63) is 30.1 Å². The minimum Gasteiger partial charge on any atom is -0.480 e. The Morgan fingerprint density at radius 3 is 2.76 bits per heavy atom. The fourth-order valence-electron chi connectivity index (χ4n) is 2.53. The van der Waals surface area contributed by atoms with Crippen LogP contribution in [0.25, 0.3) is 0 Å². The van der Waals surface area contributed by atoms with Crippen LogP contribution in [-0.4, -0.2) is 21.6 Å². The molecular weight excluding hydrogens is 216 g/mol. The van der Waals surface area contributed by atoms with Crippen molar-refractivity contribution in [3.8, 4) is 0 Å². The smallest absolute Gasteiger partial charge is 0.323 e. The molecule has 2 rings (SSSR count). The first-order chi connectivity index (χ1) is 8.14. The van der Waals surface area contributed by atoms with E-state index in [-0.39, 0.29) is 6.04 Å². The molecule has 1 aromatic rings. The maximum atomic E-state index is 11.4. The lowest BCUT2D eigenvalue weighted by molar-refractivity contribution is -0.145. The van der Waals surface area contributed by atoms with Crippen LogP contribution >= 0.6 is 0 Å². The molecule has 0 bridgehead atoms. The van der Waals surface area contributed by atoms with Gasteiger partial charge in [-0.3, -0.25) is 15.1 Å². The standard InChI is InChI=1S/C13H18N2O2/c1-10(11-5-4-8-14-9-11)15-13(12(16)17)6-2-3-7-13/h4-5,8-10,15H,2-3,6-7H2,1H3,(H,16,17). The molecule has 0 aromatic carbocycles. The lowest BCUT2D eigenvalue weighted by Gasteiger charge is -2.29. The van der Waals surface area contributed by atoms with Crippen LogP contribution in [0.4, 0.5) is 0 Å². The fourth-order valence-corrected chi connectivity index (χ4v) is 2.53. The van der Waals surface area contributed by atoms with Crippen molar-refractivity contribution in [2.24, 2.45) is 0 Å². The van der Waals surface area contributed by atoms with E-state index in [0.717, 1.165) is 18.4 Å². The molecule has 1 aliphatic rings. The molecule has 2 N–H and O–H groups in total. The van der Waals surface area contributed by atoms with E-state index in [1.165, 1.54) is 0 Å². The molecule has 17 heavy (non-hydrogen) atoms. The molecule has 0 spiro atoms. The predicted octanol–water partition coefficient (Wildman–Crippen LogP) is 2.13. The molecule has 1 heterocycles. The number of carboxylic acid groups (broad SMARTS) is 1. The van der Waals surface area contributed by atoms with Crippen LogP contribution in [0.1, 0.15) is 44.2 Å². The van der Waals surface area contributed by atoms with Gasteiger partial charge in [0.2, 0.25) is 0 Å². The number of carbonyl (C=O) groups is 1. The van der Waals surface area contributed by atoms with E-state index in [9.17, 15) is 9.90 Å². The summed E-state index contributed by atoms with van der Waals surface area (Å²) in [5, 5.41) is 12.6. The first kappa shape index (κ1) is 12.0. The van der Waals surface area contributed by atoms with E-state index < -0.39 is 11.5 Å². The molecule has 1 aliphatic carbocycles. The molecule has 1 unspecified atom stereocenters. The Bertz CT molecular complexity index is 386. The molecule has 1 atom stereocenters. The number of pyridine rings is 1. The van der Waals surface area contributed by atoms with Gasteiger partial charge in [-0.2, -0.15) is 0 Å². The van der Waals surface area contributed by atoms with Gasteiger partial charge in [0, 0.05) is 18.4 Å². The Kier molecular flexibility index (Phi) is 3.43. The van der Waals surface area contributed by atoms with Gasteiger partial charge in [0.25, 0.3) is 0 Å². The fraction of sp³-hybridized carbons (Fsp3) is 0.538. The van der Waals surface area contributed by atoms with Gasteiger partial charge < -0.3 is 5.11 Å². The highest BCUT2D eigenvalue weighted by Crippen LogP contribution is 2.32. The van der Waals surface area contributed by atoms with Crippen molar-refractivity contribution in [2.75, 3.05) is 0 Å². The van der Waals surface area contributed by atoms with Crippen LogP contribution in [0.2, 0.25) is 0 Å². The molecule has 1 aromatic heterocycles. The summed E-state index contributed by atoms with van der Waals surface area (Å²) in [6, 6.07) is 3.85. The third-order valence-electron chi connectivity index (χ3n) is 3.54. The maximum absolute atomic E-state index is 11.4. The highest BCUT2D eigenvalue weighted by Gasteiger charge is 2.42. The van der Waals surface area contributed by atoms with Crippen molar-refractivity contribution < 1.29 is 9.90 Å². The zero-order valence-electron chi connectivity index (χ0n) is 10.0.